The van der Waals surface area contributed by atoms with E-state index in [4.69, 9.17) is 21.9 Å². The molecule has 0 spiro atoms. The summed E-state index contributed by atoms with van der Waals surface area (Å²) in [6, 6.07) is 12.7. The molecule has 3 aromatic rings. The minimum Gasteiger partial charge on any atom is -0.379 e. The molecule has 2 aliphatic rings. The molecule has 35 heavy (non-hydrogen) atoms. The number of thiocarbonyl (C=S) groups is 1. The van der Waals surface area contributed by atoms with Gasteiger partial charge in [-0.1, -0.05) is 6.07 Å². The summed E-state index contributed by atoms with van der Waals surface area (Å²) in [7, 11) is 0. The van der Waals surface area contributed by atoms with Gasteiger partial charge in [0.2, 0.25) is 0 Å². The third-order valence-electron chi connectivity index (χ3n) is 7.20. The standard InChI is InChI=1S/C27H34N6OS/c1-20-18-23(21(2)33(20)19-22-7-10-28-11-8-22)26-25(24-6-3-4-9-29-24)30-27(35)32(26)13-5-12-31-14-16-34-17-15-31/h3-4,6-11,18,25-26H,5,12-17,19H2,1-2H3,(H,30,35)/t25-,26-/m1/s1. The molecule has 2 aliphatic heterocycles. The summed E-state index contributed by atoms with van der Waals surface area (Å²) in [6.45, 7) is 10.9. The highest BCUT2D eigenvalue weighted by molar-refractivity contribution is 7.80. The van der Waals surface area contributed by atoms with Gasteiger partial charge in [0.25, 0.3) is 0 Å². The van der Waals surface area contributed by atoms with E-state index >= 15 is 0 Å². The molecular formula is C27H34N6OS. The molecule has 5 rings (SSSR count). The van der Waals surface area contributed by atoms with E-state index in [0.717, 1.165) is 63.2 Å². The monoisotopic (exact) mass is 490 g/mol. The first kappa shape index (κ1) is 23.9. The van der Waals surface area contributed by atoms with Gasteiger partial charge < -0.3 is 19.5 Å². The van der Waals surface area contributed by atoms with E-state index in [2.05, 4.69) is 68.8 Å². The Kier molecular flexibility index (Phi) is 7.41. The van der Waals surface area contributed by atoms with Crippen LogP contribution in [0.2, 0.25) is 0 Å². The Balaban J connectivity index is 1.43. The number of morpholine rings is 1. The minimum atomic E-state index is 0.0157. The molecule has 0 aliphatic carbocycles. The number of rotatable bonds is 8. The van der Waals surface area contributed by atoms with Gasteiger partial charge in [0.15, 0.2) is 5.11 Å². The van der Waals surface area contributed by atoms with Crippen molar-refractivity contribution in [3.05, 3.63) is 83.2 Å². The van der Waals surface area contributed by atoms with Gasteiger partial charge in [-0.05, 0) is 73.9 Å². The Bertz CT molecular complexity index is 1130. The molecule has 8 heteroatoms. The fraction of sp³-hybridized carbons (Fsp3) is 0.444. The maximum atomic E-state index is 5.89. The van der Waals surface area contributed by atoms with Crippen LogP contribution in [0.15, 0.2) is 55.0 Å². The van der Waals surface area contributed by atoms with E-state index in [-0.39, 0.29) is 12.1 Å². The van der Waals surface area contributed by atoms with Gasteiger partial charge in [-0.25, -0.2) is 0 Å². The Morgan fingerprint density at radius 1 is 1.06 bits per heavy atom. The lowest BCUT2D eigenvalue weighted by Crippen LogP contribution is -2.39. The summed E-state index contributed by atoms with van der Waals surface area (Å²) in [5.74, 6) is 0. The molecule has 0 saturated carbocycles. The summed E-state index contributed by atoms with van der Waals surface area (Å²) in [5, 5.41) is 4.42. The zero-order valence-corrected chi connectivity index (χ0v) is 21.4. The van der Waals surface area contributed by atoms with Crippen LogP contribution in [0.3, 0.4) is 0 Å². The molecule has 0 unspecified atom stereocenters. The van der Waals surface area contributed by atoms with Gasteiger partial charge in [-0.2, -0.15) is 0 Å². The lowest BCUT2D eigenvalue weighted by Gasteiger charge is -2.30. The van der Waals surface area contributed by atoms with Crippen LogP contribution in [-0.2, 0) is 11.3 Å². The van der Waals surface area contributed by atoms with Crippen LogP contribution in [0.25, 0.3) is 0 Å². The zero-order valence-electron chi connectivity index (χ0n) is 20.6. The highest BCUT2D eigenvalue weighted by atomic mass is 32.1. The fourth-order valence-corrected chi connectivity index (χ4v) is 5.65. The summed E-state index contributed by atoms with van der Waals surface area (Å²) < 4.78 is 7.90. The Morgan fingerprint density at radius 2 is 1.86 bits per heavy atom. The first-order valence-electron chi connectivity index (χ1n) is 12.5. The second-order valence-electron chi connectivity index (χ2n) is 9.40. The van der Waals surface area contributed by atoms with Crippen LogP contribution in [0, 0.1) is 13.8 Å². The summed E-state index contributed by atoms with van der Waals surface area (Å²) >= 11 is 5.89. The lowest BCUT2D eigenvalue weighted by molar-refractivity contribution is 0.0365. The Labute approximate surface area is 213 Å². The van der Waals surface area contributed by atoms with Crippen molar-refractivity contribution in [1.82, 2.24) is 29.7 Å². The van der Waals surface area contributed by atoms with Crippen molar-refractivity contribution in [1.29, 1.82) is 0 Å². The summed E-state index contributed by atoms with van der Waals surface area (Å²) in [4.78, 5) is 13.7. The van der Waals surface area contributed by atoms with Crippen molar-refractivity contribution < 1.29 is 4.74 Å². The van der Waals surface area contributed by atoms with Crippen LogP contribution in [0.1, 0.15) is 46.7 Å². The molecule has 0 radical (unpaired) electrons. The van der Waals surface area contributed by atoms with E-state index in [0.29, 0.717) is 0 Å². The van der Waals surface area contributed by atoms with Gasteiger partial charge in [0.05, 0.1) is 31.0 Å². The number of aryl methyl sites for hydroxylation is 1. The van der Waals surface area contributed by atoms with Gasteiger partial charge in [0.1, 0.15) is 0 Å². The summed E-state index contributed by atoms with van der Waals surface area (Å²) in [6.07, 6.45) is 6.64. The van der Waals surface area contributed by atoms with Crippen LogP contribution >= 0.6 is 12.2 Å². The first-order valence-corrected chi connectivity index (χ1v) is 12.9. The first-order chi connectivity index (χ1) is 17.1. The number of hydrogen-bond acceptors (Lipinski definition) is 5. The third-order valence-corrected chi connectivity index (χ3v) is 7.55. The van der Waals surface area contributed by atoms with Crippen molar-refractivity contribution in [2.75, 3.05) is 39.4 Å². The number of hydrogen-bond donors (Lipinski definition) is 1. The Morgan fingerprint density at radius 3 is 2.60 bits per heavy atom. The topological polar surface area (TPSA) is 58.5 Å². The van der Waals surface area contributed by atoms with Gasteiger partial charge >= 0.3 is 0 Å². The van der Waals surface area contributed by atoms with Crippen molar-refractivity contribution in [3.63, 3.8) is 0 Å². The molecule has 0 bridgehead atoms. The quantitative estimate of drug-likeness (QED) is 0.484. The molecule has 0 amide bonds. The predicted molar refractivity (Wildman–Crippen MR) is 141 cm³/mol. The number of ether oxygens (including phenoxy) is 1. The smallest absolute Gasteiger partial charge is 0.170 e. The van der Waals surface area contributed by atoms with Gasteiger partial charge in [-0.3, -0.25) is 14.9 Å². The maximum absolute atomic E-state index is 5.89. The van der Waals surface area contributed by atoms with E-state index in [1.54, 1.807) is 0 Å². The molecule has 5 heterocycles. The fourth-order valence-electron chi connectivity index (χ4n) is 5.32. The molecule has 2 atom stereocenters. The van der Waals surface area contributed by atoms with E-state index in [1.807, 2.05) is 24.7 Å². The largest absolute Gasteiger partial charge is 0.379 e. The summed E-state index contributed by atoms with van der Waals surface area (Å²) in [5.41, 5.74) is 6.10. The minimum absolute atomic E-state index is 0.0157. The van der Waals surface area contributed by atoms with Crippen LogP contribution in [0.4, 0.5) is 0 Å². The van der Waals surface area contributed by atoms with Crippen LogP contribution < -0.4 is 5.32 Å². The van der Waals surface area contributed by atoms with E-state index < -0.39 is 0 Å². The van der Waals surface area contributed by atoms with Crippen LogP contribution in [-0.4, -0.2) is 68.8 Å². The highest BCUT2D eigenvalue weighted by Gasteiger charge is 2.41. The Hall–Kier alpha value is -2.81. The molecule has 184 valence electrons. The van der Waals surface area contributed by atoms with Gasteiger partial charge in [0, 0.05) is 62.7 Å². The second kappa shape index (κ2) is 10.8. The predicted octanol–water partition coefficient (Wildman–Crippen LogP) is 3.64. The highest BCUT2D eigenvalue weighted by Crippen LogP contribution is 2.41. The normalized spacial score (nSPS) is 20.9. The van der Waals surface area contributed by atoms with Crippen LogP contribution in [0.5, 0.6) is 0 Å². The van der Waals surface area contributed by atoms with Crippen molar-refractivity contribution in [3.8, 4) is 0 Å². The van der Waals surface area contributed by atoms with Gasteiger partial charge in [-0.15, -0.1) is 0 Å². The molecule has 3 aromatic heterocycles. The maximum Gasteiger partial charge on any atom is 0.170 e. The number of aromatic nitrogens is 3. The van der Waals surface area contributed by atoms with Crippen molar-refractivity contribution in [2.24, 2.45) is 0 Å². The molecule has 2 fully saturated rings. The number of nitrogens with zero attached hydrogens (tertiary/aromatic N) is 5. The van der Waals surface area contributed by atoms with Crippen molar-refractivity contribution >= 4 is 17.3 Å². The number of pyridine rings is 2. The number of nitrogens with one attached hydrogen (secondary N) is 1. The second-order valence-corrected chi connectivity index (χ2v) is 9.78. The van der Waals surface area contributed by atoms with E-state index in [1.165, 1.54) is 22.5 Å². The molecular weight excluding hydrogens is 456 g/mol. The van der Waals surface area contributed by atoms with E-state index in [9.17, 15) is 0 Å². The molecule has 2 saturated heterocycles. The average Bonchev–Trinajstić information content (AvgIpc) is 3.36. The van der Waals surface area contributed by atoms with Crippen molar-refractivity contribution in [2.45, 2.75) is 38.9 Å². The average molecular weight is 491 g/mol. The third kappa shape index (κ3) is 5.24. The lowest BCUT2D eigenvalue weighted by atomic mass is 9.96. The molecule has 1 N–H and O–H groups in total. The SMILES string of the molecule is Cc1cc([C@@H]2[C@@H](c3ccccn3)NC(=S)N2CCCN2CCOCC2)c(C)n1Cc1ccncc1. The zero-order chi connectivity index (χ0) is 24.2. The molecule has 7 nitrogen and oxygen atoms in total. The molecule has 0 aromatic carbocycles.